The molecule has 0 aliphatic rings. The van der Waals surface area contributed by atoms with Crippen molar-refractivity contribution >= 4 is 54.1 Å². The van der Waals surface area contributed by atoms with E-state index >= 15 is 0 Å². The molecule has 0 amide bonds. The monoisotopic (exact) mass is 634 g/mol. The summed E-state index contributed by atoms with van der Waals surface area (Å²) in [6.45, 7) is 0. The van der Waals surface area contributed by atoms with Crippen molar-refractivity contribution in [3.05, 3.63) is 182 Å². The van der Waals surface area contributed by atoms with E-state index in [4.69, 9.17) is 9.97 Å². The van der Waals surface area contributed by atoms with Gasteiger partial charge in [-0.3, -0.25) is 4.98 Å². The standard InChI is InChI=1S/C48H30N2/c1-2-11-31(12-3-1)32-20-22-33(23-21-32)45-39-16-6-8-18-41(39)46(42-19-9-7-17-40(42)45)43-28-27-38(36-14-4-5-15-37(36)43)44-29-26-35-25-24-34-13-10-30-49-47(34)48(35)50-44/h1-30H. The van der Waals surface area contributed by atoms with E-state index in [1.807, 2.05) is 12.3 Å². The fraction of sp³-hybridized carbons (Fsp3) is 0. The van der Waals surface area contributed by atoms with Crippen molar-refractivity contribution in [1.82, 2.24) is 9.97 Å². The minimum atomic E-state index is 0.929. The fourth-order valence-electron chi connectivity index (χ4n) is 7.80. The molecule has 8 aromatic carbocycles. The topological polar surface area (TPSA) is 25.8 Å². The molecule has 0 unspecified atom stereocenters. The van der Waals surface area contributed by atoms with Crippen LogP contribution in [0.5, 0.6) is 0 Å². The van der Waals surface area contributed by atoms with Gasteiger partial charge < -0.3 is 0 Å². The van der Waals surface area contributed by atoms with Crippen LogP contribution in [-0.2, 0) is 0 Å². The Balaban J connectivity index is 1.20. The van der Waals surface area contributed by atoms with E-state index in [1.165, 1.54) is 65.7 Å². The normalized spacial score (nSPS) is 11.6. The Hall–Kier alpha value is -6.64. The average Bonchev–Trinajstić information content (AvgIpc) is 3.20. The van der Waals surface area contributed by atoms with Crippen LogP contribution in [0.4, 0.5) is 0 Å². The molecule has 2 heteroatoms. The Morgan fingerprint density at radius 1 is 0.300 bits per heavy atom. The van der Waals surface area contributed by atoms with Crippen LogP contribution in [0.3, 0.4) is 0 Å². The van der Waals surface area contributed by atoms with E-state index in [0.717, 1.165) is 33.1 Å². The number of hydrogen-bond acceptors (Lipinski definition) is 2. The summed E-state index contributed by atoms with van der Waals surface area (Å²) < 4.78 is 0. The van der Waals surface area contributed by atoms with Crippen LogP contribution in [-0.4, -0.2) is 9.97 Å². The van der Waals surface area contributed by atoms with Gasteiger partial charge in [-0.15, -0.1) is 0 Å². The molecule has 2 nitrogen and oxygen atoms in total. The van der Waals surface area contributed by atoms with Gasteiger partial charge in [-0.25, -0.2) is 4.98 Å². The van der Waals surface area contributed by atoms with Crippen LogP contribution in [0.1, 0.15) is 0 Å². The largest absolute Gasteiger partial charge is 0.254 e. The number of aromatic nitrogens is 2. The SMILES string of the molecule is c1ccc(-c2ccc(-c3c4ccccc4c(-c4ccc(-c5ccc6ccc7cccnc7c6n5)c5ccccc45)c4ccccc34)cc2)cc1. The lowest BCUT2D eigenvalue weighted by Crippen LogP contribution is -1.93. The van der Waals surface area contributed by atoms with Gasteiger partial charge in [0, 0.05) is 22.5 Å². The number of hydrogen-bond donors (Lipinski definition) is 0. The molecule has 0 bridgehead atoms. The minimum absolute atomic E-state index is 0.929. The molecule has 50 heavy (non-hydrogen) atoms. The van der Waals surface area contributed by atoms with Crippen molar-refractivity contribution in [1.29, 1.82) is 0 Å². The van der Waals surface area contributed by atoms with Gasteiger partial charge in [-0.2, -0.15) is 0 Å². The van der Waals surface area contributed by atoms with Crippen LogP contribution in [0.2, 0.25) is 0 Å². The summed E-state index contributed by atoms with van der Waals surface area (Å²) in [7, 11) is 0. The first-order valence-corrected chi connectivity index (χ1v) is 17.1. The lowest BCUT2D eigenvalue weighted by molar-refractivity contribution is 1.37. The first kappa shape index (κ1) is 28.4. The molecule has 2 aromatic heterocycles. The zero-order valence-electron chi connectivity index (χ0n) is 27.2. The third-order valence-electron chi connectivity index (χ3n) is 10.1. The highest BCUT2D eigenvalue weighted by atomic mass is 14.8. The van der Waals surface area contributed by atoms with E-state index < -0.39 is 0 Å². The number of rotatable bonds is 4. The van der Waals surface area contributed by atoms with Crippen LogP contribution < -0.4 is 0 Å². The highest BCUT2D eigenvalue weighted by Gasteiger charge is 2.19. The fourth-order valence-corrected chi connectivity index (χ4v) is 7.80. The summed E-state index contributed by atoms with van der Waals surface area (Å²) in [6.07, 6.45) is 1.85. The predicted molar refractivity (Wildman–Crippen MR) is 211 cm³/mol. The van der Waals surface area contributed by atoms with Gasteiger partial charge in [-0.1, -0.05) is 164 Å². The molecule has 0 atom stereocenters. The second-order valence-electron chi connectivity index (χ2n) is 12.9. The average molecular weight is 635 g/mol. The molecule has 0 fully saturated rings. The Bertz CT molecular complexity index is 2850. The Kier molecular flexibility index (Phi) is 6.53. The molecule has 10 rings (SSSR count). The Labute approximate surface area is 290 Å². The molecule has 2 heterocycles. The molecule has 0 saturated heterocycles. The molecule has 0 spiro atoms. The molecule has 0 radical (unpaired) electrons. The molecule has 0 aliphatic heterocycles. The third kappa shape index (κ3) is 4.50. The summed E-state index contributed by atoms with van der Waals surface area (Å²) in [5.74, 6) is 0. The second kappa shape index (κ2) is 11.5. The Morgan fingerprint density at radius 2 is 0.800 bits per heavy atom. The third-order valence-corrected chi connectivity index (χ3v) is 10.1. The highest BCUT2D eigenvalue weighted by Crippen LogP contribution is 2.46. The number of pyridine rings is 2. The van der Waals surface area contributed by atoms with Gasteiger partial charge in [-0.05, 0) is 77.8 Å². The molecule has 0 saturated carbocycles. The van der Waals surface area contributed by atoms with Gasteiger partial charge in [0.05, 0.1) is 16.7 Å². The first-order valence-electron chi connectivity index (χ1n) is 17.1. The van der Waals surface area contributed by atoms with E-state index in [-0.39, 0.29) is 0 Å². The molecular weight excluding hydrogens is 605 g/mol. The van der Waals surface area contributed by atoms with Gasteiger partial charge >= 0.3 is 0 Å². The smallest absolute Gasteiger partial charge is 0.0972 e. The lowest BCUT2D eigenvalue weighted by atomic mass is 9.84. The van der Waals surface area contributed by atoms with E-state index in [9.17, 15) is 0 Å². The van der Waals surface area contributed by atoms with Gasteiger partial charge in [0.15, 0.2) is 0 Å². The van der Waals surface area contributed by atoms with Crippen LogP contribution >= 0.6 is 0 Å². The Morgan fingerprint density at radius 3 is 1.48 bits per heavy atom. The molecule has 10 aromatic rings. The molecule has 0 aliphatic carbocycles. The van der Waals surface area contributed by atoms with Crippen LogP contribution in [0, 0.1) is 0 Å². The van der Waals surface area contributed by atoms with E-state index in [0.29, 0.717) is 0 Å². The lowest BCUT2D eigenvalue weighted by Gasteiger charge is -2.19. The molecular formula is C48H30N2. The second-order valence-corrected chi connectivity index (χ2v) is 12.9. The van der Waals surface area contributed by atoms with Crippen molar-refractivity contribution in [3.63, 3.8) is 0 Å². The first-order chi connectivity index (χ1) is 24.8. The van der Waals surface area contributed by atoms with Crippen LogP contribution in [0.25, 0.3) is 98.8 Å². The maximum atomic E-state index is 5.23. The number of benzene rings is 8. The van der Waals surface area contributed by atoms with Crippen molar-refractivity contribution in [2.24, 2.45) is 0 Å². The number of fused-ring (bicyclic) bond motifs is 6. The summed E-state index contributed by atoms with van der Waals surface area (Å²) >= 11 is 0. The summed E-state index contributed by atoms with van der Waals surface area (Å²) in [4.78, 5) is 9.94. The predicted octanol–water partition coefficient (Wildman–Crippen LogP) is 12.9. The summed E-state index contributed by atoms with van der Waals surface area (Å²) in [5.41, 5.74) is 11.3. The van der Waals surface area contributed by atoms with Gasteiger partial charge in [0.2, 0.25) is 0 Å². The van der Waals surface area contributed by atoms with E-state index in [2.05, 4.69) is 170 Å². The van der Waals surface area contributed by atoms with Gasteiger partial charge in [0.1, 0.15) is 0 Å². The van der Waals surface area contributed by atoms with Crippen molar-refractivity contribution in [2.45, 2.75) is 0 Å². The van der Waals surface area contributed by atoms with E-state index in [1.54, 1.807) is 0 Å². The zero-order valence-corrected chi connectivity index (χ0v) is 27.2. The summed E-state index contributed by atoms with van der Waals surface area (Å²) in [5, 5.41) is 9.56. The van der Waals surface area contributed by atoms with Crippen molar-refractivity contribution in [3.8, 4) is 44.6 Å². The van der Waals surface area contributed by atoms with Crippen molar-refractivity contribution < 1.29 is 0 Å². The molecule has 0 N–H and O–H groups in total. The van der Waals surface area contributed by atoms with Crippen molar-refractivity contribution in [2.75, 3.05) is 0 Å². The minimum Gasteiger partial charge on any atom is -0.254 e. The molecule has 232 valence electrons. The quantitative estimate of drug-likeness (QED) is 0.142. The zero-order chi connectivity index (χ0) is 33.0. The maximum absolute atomic E-state index is 5.23. The van der Waals surface area contributed by atoms with Crippen LogP contribution in [0.15, 0.2) is 182 Å². The summed E-state index contributed by atoms with van der Waals surface area (Å²) in [6, 6.07) is 63.3. The van der Waals surface area contributed by atoms with Gasteiger partial charge in [0.25, 0.3) is 0 Å². The maximum Gasteiger partial charge on any atom is 0.0972 e. The number of nitrogens with zero attached hydrogens (tertiary/aromatic N) is 2. The highest BCUT2D eigenvalue weighted by molar-refractivity contribution is 6.24.